The Morgan fingerprint density at radius 2 is 1.80 bits per heavy atom. The molecule has 0 bridgehead atoms. The summed E-state index contributed by atoms with van der Waals surface area (Å²) in [5.41, 5.74) is 6.79. The Morgan fingerprint density at radius 1 is 1.16 bits per heavy atom. The van der Waals surface area contributed by atoms with Crippen LogP contribution in [0.5, 0.6) is 0 Å². The van der Waals surface area contributed by atoms with E-state index in [9.17, 15) is 19.7 Å². The first kappa shape index (κ1) is 17.7. The minimum atomic E-state index is -0.526. The number of hydrogen-bond acceptors (Lipinski definition) is 4. The second-order valence-corrected chi connectivity index (χ2v) is 5.18. The Bertz CT molecular complexity index is 893. The molecule has 0 aliphatic heterocycles. The first-order valence-electron chi connectivity index (χ1n) is 7.30. The number of nitrogens with one attached hydrogen (secondary N) is 1. The summed E-state index contributed by atoms with van der Waals surface area (Å²) in [6.07, 6.45) is 0. The molecule has 0 atom stereocenters. The topological polar surface area (TPSA) is 115 Å². The van der Waals surface area contributed by atoms with E-state index in [1.54, 1.807) is 31.2 Å². The quantitative estimate of drug-likeness (QED) is 0.502. The fourth-order valence-electron chi connectivity index (χ4n) is 2.04. The maximum absolute atomic E-state index is 12.0. The average molecular weight is 337 g/mol. The summed E-state index contributed by atoms with van der Waals surface area (Å²) < 4.78 is 0. The lowest BCUT2D eigenvalue weighted by Gasteiger charge is -2.03. The zero-order valence-corrected chi connectivity index (χ0v) is 13.4. The molecule has 0 fully saturated rings. The van der Waals surface area contributed by atoms with E-state index < -0.39 is 16.7 Å². The molecule has 0 unspecified atom stereocenters. The van der Waals surface area contributed by atoms with Crippen LogP contribution < -0.4 is 11.1 Å². The summed E-state index contributed by atoms with van der Waals surface area (Å²) in [4.78, 5) is 33.4. The van der Waals surface area contributed by atoms with Crippen LogP contribution in [0.4, 0.5) is 5.69 Å². The molecule has 0 spiro atoms. The van der Waals surface area contributed by atoms with Crippen molar-refractivity contribution < 1.29 is 14.5 Å². The molecule has 2 amide bonds. The largest absolute Gasteiger partial charge is 0.366 e. The van der Waals surface area contributed by atoms with E-state index >= 15 is 0 Å². The molecule has 0 aliphatic carbocycles. The SMILES string of the molecule is Cc1ccc(C(=O)NCC#Cc2ccc(C(N)=O)cc2)cc1[N+](=O)[O-]. The van der Waals surface area contributed by atoms with Crippen molar-refractivity contribution in [1.29, 1.82) is 0 Å². The minimum absolute atomic E-state index is 0.0814. The van der Waals surface area contributed by atoms with E-state index in [4.69, 9.17) is 5.73 Å². The predicted octanol–water partition coefficient (Wildman–Crippen LogP) is 1.78. The van der Waals surface area contributed by atoms with E-state index in [0.717, 1.165) is 0 Å². The van der Waals surface area contributed by atoms with E-state index in [-0.39, 0.29) is 17.8 Å². The van der Waals surface area contributed by atoms with Gasteiger partial charge in [0, 0.05) is 28.3 Å². The van der Waals surface area contributed by atoms with Crippen molar-refractivity contribution in [2.24, 2.45) is 5.73 Å². The standard InChI is InChI=1S/C18H15N3O4/c1-12-4-7-15(11-16(12)21(24)25)18(23)20-10-2-3-13-5-8-14(9-6-13)17(19)22/h4-9,11H,10H2,1H3,(H2,19,22)(H,20,23). The number of rotatable bonds is 4. The van der Waals surface area contributed by atoms with Crippen molar-refractivity contribution in [3.05, 3.63) is 74.8 Å². The van der Waals surface area contributed by atoms with Gasteiger partial charge in [0.2, 0.25) is 5.91 Å². The second-order valence-electron chi connectivity index (χ2n) is 5.18. The molecule has 0 aromatic heterocycles. The van der Waals surface area contributed by atoms with Crippen LogP contribution in [-0.4, -0.2) is 23.3 Å². The molecule has 7 nitrogen and oxygen atoms in total. The molecule has 0 saturated heterocycles. The highest BCUT2D eigenvalue weighted by molar-refractivity contribution is 5.95. The van der Waals surface area contributed by atoms with Crippen LogP contribution in [0.3, 0.4) is 0 Å². The van der Waals surface area contributed by atoms with Gasteiger partial charge in [0.25, 0.3) is 11.6 Å². The normalized spacial score (nSPS) is 9.64. The fraction of sp³-hybridized carbons (Fsp3) is 0.111. The summed E-state index contributed by atoms with van der Waals surface area (Å²) in [5.74, 6) is 4.64. The maximum Gasteiger partial charge on any atom is 0.273 e. The molecular weight excluding hydrogens is 322 g/mol. The lowest BCUT2D eigenvalue weighted by molar-refractivity contribution is -0.385. The molecule has 0 saturated carbocycles. The summed E-state index contributed by atoms with van der Waals surface area (Å²) in [5, 5.41) is 13.5. The van der Waals surface area contributed by atoms with Crippen LogP contribution in [0.2, 0.25) is 0 Å². The zero-order valence-electron chi connectivity index (χ0n) is 13.4. The molecule has 7 heteroatoms. The van der Waals surface area contributed by atoms with E-state index in [1.165, 1.54) is 18.2 Å². The number of carbonyl (C=O) groups is 2. The molecule has 3 N–H and O–H groups in total. The van der Waals surface area contributed by atoms with Gasteiger partial charge < -0.3 is 11.1 Å². The first-order valence-corrected chi connectivity index (χ1v) is 7.30. The third-order valence-electron chi connectivity index (χ3n) is 3.41. The Morgan fingerprint density at radius 3 is 2.40 bits per heavy atom. The summed E-state index contributed by atoms with van der Waals surface area (Å²) in [6, 6.07) is 10.7. The monoisotopic (exact) mass is 337 g/mol. The highest BCUT2D eigenvalue weighted by atomic mass is 16.6. The maximum atomic E-state index is 12.0. The number of carbonyl (C=O) groups excluding carboxylic acids is 2. The number of hydrogen-bond donors (Lipinski definition) is 2. The summed E-state index contributed by atoms with van der Waals surface area (Å²) >= 11 is 0. The van der Waals surface area contributed by atoms with Gasteiger partial charge in [0.05, 0.1) is 11.5 Å². The average Bonchev–Trinajstić information content (AvgIpc) is 2.59. The number of benzene rings is 2. The summed E-state index contributed by atoms with van der Waals surface area (Å²) in [7, 11) is 0. The lowest BCUT2D eigenvalue weighted by Crippen LogP contribution is -2.23. The van der Waals surface area contributed by atoms with E-state index in [0.29, 0.717) is 16.7 Å². The molecule has 2 rings (SSSR count). The zero-order chi connectivity index (χ0) is 18.4. The van der Waals surface area contributed by atoms with Crippen LogP contribution in [0, 0.1) is 28.9 Å². The van der Waals surface area contributed by atoms with Crippen molar-refractivity contribution in [3.8, 4) is 11.8 Å². The third-order valence-corrected chi connectivity index (χ3v) is 3.41. The van der Waals surface area contributed by atoms with Gasteiger partial charge in [0.1, 0.15) is 0 Å². The van der Waals surface area contributed by atoms with Gasteiger partial charge >= 0.3 is 0 Å². The number of nitro groups is 1. The molecule has 0 radical (unpaired) electrons. The lowest BCUT2D eigenvalue weighted by atomic mass is 10.1. The van der Waals surface area contributed by atoms with Crippen molar-refractivity contribution in [1.82, 2.24) is 5.32 Å². The number of nitrogens with zero attached hydrogens (tertiary/aromatic N) is 1. The molecule has 126 valence electrons. The number of nitrogens with two attached hydrogens (primary N) is 1. The third kappa shape index (κ3) is 4.65. The van der Waals surface area contributed by atoms with Crippen molar-refractivity contribution in [2.45, 2.75) is 6.92 Å². The van der Waals surface area contributed by atoms with Gasteiger partial charge in [-0.1, -0.05) is 17.9 Å². The second kappa shape index (κ2) is 7.75. The van der Waals surface area contributed by atoms with Gasteiger partial charge in [-0.3, -0.25) is 19.7 Å². The summed E-state index contributed by atoms with van der Waals surface area (Å²) in [6.45, 7) is 1.69. The number of primary amides is 1. The smallest absolute Gasteiger partial charge is 0.273 e. The Balaban J connectivity index is 1.98. The van der Waals surface area contributed by atoms with Crippen molar-refractivity contribution in [2.75, 3.05) is 6.54 Å². The fourth-order valence-corrected chi connectivity index (χ4v) is 2.04. The van der Waals surface area contributed by atoms with E-state index in [1.807, 2.05) is 0 Å². The van der Waals surface area contributed by atoms with Crippen molar-refractivity contribution in [3.63, 3.8) is 0 Å². The highest BCUT2D eigenvalue weighted by Gasteiger charge is 2.14. The van der Waals surface area contributed by atoms with E-state index in [2.05, 4.69) is 17.2 Å². The van der Waals surface area contributed by atoms with Crippen LogP contribution in [0.15, 0.2) is 42.5 Å². The minimum Gasteiger partial charge on any atom is -0.366 e. The van der Waals surface area contributed by atoms with Gasteiger partial charge in [-0.15, -0.1) is 0 Å². The predicted molar refractivity (Wildman–Crippen MR) is 92.0 cm³/mol. The molecule has 0 aliphatic rings. The van der Waals surface area contributed by atoms with Gasteiger partial charge in [0.15, 0.2) is 0 Å². The number of nitro benzene ring substituents is 1. The van der Waals surface area contributed by atoms with Gasteiger partial charge in [-0.05, 0) is 37.3 Å². The Kier molecular flexibility index (Phi) is 5.48. The Hall–Kier alpha value is -3.66. The van der Waals surface area contributed by atoms with Crippen molar-refractivity contribution >= 4 is 17.5 Å². The van der Waals surface area contributed by atoms with Crippen LogP contribution in [0.25, 0.3) is 0 Å². The first-order chi connectivity index (χ1) is 11.9. The number of aryl methyl sites for hydroxylation is 1. The Labute approximate surface area is 144 Å². The number of amides is 2. The van der Waals surface area contributed by atoms with Gasteiger partial charge in [-0.25, -0.2) is 0 Å². The molecule has 2 aromatic rings. The molecule has 0 heterocycles. The van der Waals surface area contributed by atoms with Crippen LogP contribution >= 0.6 is 0 Å². The highest BCUT2D eigenvalue weighted by Crippen LogP contribution is 2.19. The molecule has 2 aromatic carbocycles. The molecule has 25 heavy (non-hydrogen) atoms. The molecular formula is C18H15N3O4. The van der Waals surface area contributed by atoms with Crippen LogP contribution in [0.1, 0.15) is 31.8 Å². The van der Waals surface area contributed by atoms with Gasteiger partial charge in [-0.2, -0.15) is 0 Å². The van der Waals surface area contributed by atoms with Crippen LogP contribution in [-0.2, 0) is 0 Å².